The van der Waals surface area contributed by atoms with Gasteiger partial charge in [0.05, 0.1) is 11.2 Å². The molecular formula is C21H22N4O2. The number of fused-ring (bicyclic) bond motifs is 2. The van der Waals surface area contributed by atoms with Gasteiger partial charge in [0.15, 0.2) is 0 Å². The summed E-state index contributed by atoms with van der Waals surface area (Å²) in [6.45, 7) is 4.89. The molecule has 2 N–H and O–H groups in total. The van der Waals surface area contributed by atoms with Gasteiger partial charge in [-0.25, -0.2) is 10.00 Å². The van der Waals surface area contributed by atoms with Crippen LogP contribution < -0.4 is 5.48 Å². The highest BCUT2D eigenvalue weighted by molar-refractivity contribution is 5.90. The summed E-state index contributed by atoms with van der Waals surface area (Å²) >= 11 is 0. The van der Waals surface area contributed by atoms with Crippen LogP contribution in [0.5, 0.6) is 0 Å². The number of pyridine rings is 1. The molecule has 27 heavy (non-hydrogen) atoms. The van der Waals surface area contributed by atoms with Crippen LogP contribution in [0.4, 0.5) is 0 Å². The lowest BCUT2D eigenvalue weighted by Crippen LogP contribution is -2.19. The molecule has 0 atom stereocenters. The highest BCUT2D eigenvalue weighted by Gasteiger charge is 2.19. The van der Waals surface area contributed by atoms with E-state index in [1.807, 2.05) is 22.8 Å². The first-order valence-electron chi connectivity index (χ1n) is 9.03. The van der Waals surface area contributed by atoms with Crippen LogP contribution in [0.1, 0.15) is 27.9 Å². The van der Waals surface area contributed by atoms with Gasteiger partial charge in [-0.2, -0.15) is 5.10 Å². The molecule has 1 amide bonds. The van der Waals surface area contributed by atoms with Crippen molar-refractivity contribution in [2.75, 3.05) is 6.54 Å². The number of rotatable bonds is 5. The van der Waals surface area contributed by atoms with Crippen molar-refractivity contribution in [2.24, 2.45) is 0 Å². The lowest BCUT2D eigenvalue weighted by Gasteiger charge is -2.14. The SMILES string of the molecule is Cc1nn2ccccc2c1CCN1Cc2ccc(C=CC(=O)NO)cc2C1. The molecule has 0 fully saturated rings. The fraction of sp³-hybridized carbons (Fsp3) is 0.238. The van der Waals surface area contributed by atoms with Gasteiger partial charge in [0.25, 0.3) is 5.91 Å². The number of amides is 1. The van der Waals surface area contributed by atoms with E-state index in [1.54, 1.807) is 11.6 Å². The van der Waals surface area contributed by atoms with Crippen LogP contribution in [0, 0.1) is 6.92 Å². The zero-order chi connectivity index (χ0) is 18.8. The van der Waals surface area contributed by atoms with Crippen LogP contribution in [0.15, 0.2) is 48.7 Å². The number of aromatic nitrogens is 2. The van der Waals surface area contributed by atoms with Crippen molar-refractivity contribution in [3.05, 3.63) is 76.6 Å². The number of hydrogen-bond acceptors (Lipinski definition) is 4. The third kappa shape index (κ3) is 3.63. The number of carbonyl (C=O) groups is 1. The highest BCUT2D eigenvalue weighted by Crippen LogP contribution is 2.25. The Morgan fingerprint density at radius 2 is 2.11 bits per heavy atom. The van der Waals surface area contributed by atoms with E-state index in [0.717, 1.165) is 37.3 Å². The second kappa shape index (κ2) is 7.34. The number of nitrogens with zero attached hydrogens (tertiary/aromatic N) is 3. The second-order valence-electron chi connectivity index (χ2n) is 6.89. The summed E-state index contributed by atoms with van der Waals surface area (Å²) in [4.78, 5) is 13.6. The molecule has 3 aromatic rings. The Morgan fingerprint density at radius 1 is 1.26 bits per heavy atom. The van der Waals surface area contributed by atoms with Crippen molar-refractivity contribution >= 4 is 17.5 Å². The molecule has 0 unspecified atom stereocenters. The number of aryl methyl sites for hydroxylation is 1. The van der Waals surface area contributed by atoms with Crippen molar-refractivity contribution in [3.8, 4) is 0 Å². The largest absolute Gasteiger partial charge is 0.294 e. The predicted molar refractivity (Wildman–Crippen MR) is 103 cm³/mol. The predicted octanol–water partition coefficient (Wildman–Crippen LogP) is 2.72. The molecule has 4 rings (SSSR count). The first kappa shape index (κ1) is 17.5. The standard InChI is InChI=1S/C21H22N4O2/c1-15-19(20-4-2-3-10-25(20)22-15)9-11-24-13-17-7-5-16(12-18(17)14-24)6-8-21(26)23-27/h2-8,10,12,27H,9,11,13-14H2,1H3,(H,23,26). The maximum atomic E-state index is 11.1. The maximum absolute atomic E-state index is 11.1. The average molecular weight is 362 g/mol. The van der Waals surface area contributed by atoms with Crippen molar-refractivity contribution in [2.45, 2.75) is 26.4 Å². The minimum atomic E-state index is -0.527. The van der Waals surface area contributed by atoms with Gasteiger partial charge in [-0.3, -0.25) is 14.9 Å². The van der Waals surface area contributed by atoms with Crippen LogP contribution in [0.3, 0.4) is 0 Å². The molecule has 0 spiro atoms. The molecule has 0 saturated heterocycles. The molecule has 1 aliphatic rings. The van der Waals surface area contributed by atoms with Crippen LogP contribution in [0.25, 0.3) is 11.6 Å². The lowest BCUT2D eigenvalue weighted by atomic mass is 10.1. The summed E-state index contributed by atoms with van der Waals surface area (Å²) in [5.74, 6) is -0.527. The van der Waals surface area contributed by atoms with E-state index in [2.05, 4.69) is 41.2 Å². The summed E-state index contributed by atoms with van der Waals surface area (Å²) in [6, 6.07) is 12.4. The topological polar surface area (TPSA) is 69.9 Å². The van der Waals surface area contributed by atoms with Crippen molar-refractivity contribution in [3.63, 3.8) is 0 Å². The van der Waals surface area contributed by atoms with Crippen LogP contribution >= 0.6 is 0 Å². The van der Waals surface area contributed by atoms with Crippen LogP contribution in [-0.2, 0) is 24.3 Å². The summed E-state index contributed by atoms with van der Waals surface area (Å²) in [7, 11) is 0. The fourth-order valence-electron chi connectivity index (χ4n) is 3.70. The molecule has 0 saturated carbocycles. The molecule has 1 aromatic carbocycles. The summed E-state index contributed by atoms with van der Waals surface area (Å²) in [5.41, 5.74) is 8.76. The van der Waals surface area contributed by atoms with E-state index in [4.69, 9.17) is 5.21 Å². The summed E-state index contributed by atoms with van der Waals surface area (Å²) in [6.07, 6.45) is 5.99. The average Bonchev–Trinajstić information content (AvgIpc) is 3.23. The molecule has 2 aromatic heterocycles. The first-order chi connectivity index (χ1) is 13.1. The Balaban J connectivity index is 1.43. The zero-order valence-corrected chi connectivity index (χ0v) is 15.2. The highest BCUT2D eigenvalue weighted by atomic mass is 16.5. The van der Waals surface area contributed by atoms with Gasteiger partial charge in [0.1, 0.15) is 0 Å². The normalized spacial score (nSPS) is 14.1. The Kier molecular flexibility index (Phi) is 4.75. The smallest absolute Gasteiger partial charge is 0.267 e. The number of benzene rings is 1. The molecule has 3 heterocycles. The summed E-state index contributed by atoms with van der Waals surface area (Å²) < 4.78 is 1.95. The maximum Gasteiger partial charge on any atom is 0.267 e. The Bertz CT molecular complexity index is 1020. The summed E-state index contributed by atoms with van der Waals surface area (Å²) in [5, 5.41) is 13.2. The molecule has 138 valence electrons. The molecule has 0 aliphatic carbocycles. The van der Waals surface area contributed by atoms with E-state index in [0.29, 0.717) is 0 Å². The Hall–Kier alpha value is -2.96. The lowest BCUT2D eigenvalue weighted by molar-refractivity contribution is -0.124. The number of carbonyl (C=O) groups excluding carboxylic acids is 1. The zero-order valence-electron chi connectivity index (χ0n) is 15.2. The third-order valence-electron chi connectivity index (χ3n) is 5.08. The third-order valence-corrected chi connectivity index (χ3v) is 5.08. The van der Waals surface area contributed by atoms with Crippen molar-refractivity contribution in [1.82, 2.24) is 20.0 Å². The van der Waals surface area contributed by atoms with Gasteiger partial charge >= 0.3 is 0 Å². The van der Waals surface area contributed by atoms with Crippen LogP contribution in [0.2, 0.25) is 0 Å². The van der Waals surface area contributed by atoms with Gasteiger partial charge in [-0.15, -0.1) is 0 Å². The number of nitrogens with one attached hydrogen (secondary N) is 1. The van der Waals surface area contributed by atoms with Crippen LogP contribution in [-0.4, -0.2) is 32.2 Å². The quantitative estimate of drug-likeness (QED) is 0.416. The van der Waals surface area contributed by atoms with Gasteiger partial charge in [-0.1, -0.05) is 24.3 Å². The first-order valence-corrected chi connectivity index (χ1v) is 9.03. The van der Waals surface area contributed by atoms with E-state index >= 15 is 0 Å². The van der Waals surface area contributed by atoms with E-state index in [1.165, 1.54) is 28.3 Å². The van der Waals surface area contributed by atoms with Gasteiger partial charge in [-0.05, 0) is 48.2 Å². The monoisotopic (exact) mass is 362 g/mol. The minimum absolute atomic E-state index is 0.527. The fourth-order valence-corrected chi connectivity index (χ4v) is 3.70. The Labute approximate surface area is 157 Å². The Morgan fingerprint density at radius 3 is 2.96 bits per heavy atom. The molecule has 1 aliphatic heterocycles. The number of hydrogen-bond donors (Lipinski definition) is 2. The van der Waals surface area contributed by atoms with Crippen molar-refractivity contribution in [1.29, 1.82) is 0 Å². The van der Waals surface area contributed by atoms with Gasteiger partial charge in [0, 0.05) is 37.5 Å². The molecule has 6 heteroatoms. The van der Waals surface area contributed by atoms with Gasteiger partial charge in [0.2, 0.25) is 0 Å². The van der Waals surface area contributed by atoms with E-state index in [9.17, 15) is 4.79 Å². The molecule has 6 nitrogen and oxygen atoms in total. The van der Waals surface area contributed by atoms with E-state index < -0.39 is 5.91 Å². The van der Waals surface area contributed by atoms with Gasteiger partial charge < -0.3 is 0 Å². The van der Waals surface area contributed by atoms with E-state index in [-0.39, 0.29) is 0 Å². The second-order valence-corrected chi connectivity index (χ2v) is 6.89. The molecule has 0 radical (unpaired) electrons. The molecular weight excluding hydrogens is 340 g/mol. The number of hydroxylamine groups is 1. The van der Waals surface area contributed by atoms with Crippen molar-refractivity contribution < 1.29 is 10.0 Å². The molecule has 0 bridgehead atoms. The minimum Gasteiger partial charge on any atom is -0.294 e.